The van der Waals surface area contributed by atoms with Gasteiger partial charge in [0.05, 0.1) is 30.2 Å². The van der Waals surface area contributed by atoms with Crippen LogP contribution >= 0.6 is 0 Å². The van der Waals surface area contributed by atoms with Gasteiger partial charge in [0.2, 0.25) is 0 Å². The van der Waals surface area contributed by atoms with Crippen LogP contribution in [0.1, 0.15) is 37.0 Å². The Morgan fingerprint density at radius 1 is 1.48 bits per heavy atom. The molecule has 1 saturated heterocycles. The molecule has 1 aromatic heterocycles. The number of nitrogens with zero attached hydrogens (tertiary/aromatic N) is 2. The minimum absolute atomic E-state index is 0.217. The summed E-state index contributed by atoms with van der Waals surface area (Å²) >= 11 is 0. The van der Waals surface area contributed by atoms with E-state index in [2.05, 4.69) is 9.88 Å². The van der Waals surface area contributed by atoms with Crippen LogP contribution in [-0.4, -0.2) is 43.4 Å². The van der Waals surface area contributed by atoms with Crippen molar-refractivity contribution in [3.63, 3.8) is 0 Å². The van der Waals surface area contributed by atoms with Gasteiger partial charge in [-0.3, -0.25) is 0 Å². The maximum absolute atomic E-state index is 11.9. The molecule has 1 aliphatic heterocycles. The molecule has 0 amide bonds. The van der Waals surface area contributed by atoms with E-state index in [9.17, 15) is 4.79 Å². The summed E-state index contributed by atoms with van der Waals surface area (Å²) in [7, 11) is 0. The molecule has 1 fully saturated rings. The normalized spacial score (nSPS) is 18.6. The van der Waals surface area contributed by atoms with Crippen molar-refractivity contribution in [3.8, 4) is 0 Å². The first kappa shape index (κ1) is 15.6. The van der Waals surface area contributed by atoms with Gasteiger partial charge in [-0.1, -0.05) is 0 Å². The molecule has 2 N–H and O–H groups in total. The number of hydrogen-bond donors (Lipinski definition) is 1. The first-order valence-electron chi connectivity index (χ1n) is 7.44. The van der Waals surface area contributed by atoms with Gasteiger partial charge in [0.25, 0.3) is 0 Å². The van der Waals surface area contributed by atoms with Crippen LogP contribution in [-0.2, 0) is 9.47 Å². The Morgan fingerprint density at radius 3 is 3.00 bits per heavy atom. The van der Waals surface area contributed by atoms with E-state index in [1.165, 1.54) is 6.20 Å². The Kier molecular flexibility index (Phi) is 5.38. The van der Waals surface area contributed by atoms with Crippen LogP contribution in [0, 0.1) is 0 Å². The van der Waals surface area contributed by atoms with Gasteiger partial charge in [-0.15, -0.1) is 0 Å². The third-order valence-electron chi connectivity index (χ3n) is 3.52. The lowest BCUT2D eigenvalue weighted by atomic mass is 10.1. The van der Waals surface area contributed by atoms with Crippen molar-refractivity contribution in [1.82, 2.24) is 4.98 Å². The predicted molar refractivity (Wildman–Crippen MR) is 81.5 cm³/mol. The first-order valence-corrected chi connectivity index (χ1v) is 7.44. The molecule has 0 saturated carbocycles. The maximum atomic E-state index is 11.9. The van der Waals surface area contributed by atoms with Crippen molar-refractivity contribution in [1.29, 1.82) is 0 Å². The minimum Gasteiger partial charge on any atom is -0.462 e. The Labute approximate surface area is 125 Å². The lowest BCUT2D eigenvalue weighted by Crippen LogP contribution is -2.40. The average Bonchev–Trinajstić information content (AvgIpc) is 2.48. The number of aromatic nitrogens is 1. The Bertz CT molecular complexity index is 491. The van der Waals surface area contributed by atoms with Gasteiger partial charge >= 0.3 is 5.97 Å². The summed E-state index contributed by atoms with van der Waals surface area (Å²) in [6.45, 7) is 6.50. The van der Waals surface area contributed by atoms with Crippen molar-refractivity contribution >= 4 is 17.5 Å². The molecule has 2 heterocycles. The number of carbonyl (C=O) groups is 1. The Hall–Kier alpha value is -1.82. The molecule has 6 heteroatoms. The molecule has 2 rings (SSSR count). The molecule has 0 bridgehead atoms. The van der Waals surface area contributed by atoms with Gasteiger partial charge in [-0.25, -0.2) is 9.78 Å². The zero-order valence-corrected chi connectivity index (χ0v) is 12.7. The monoisotopic (exact) mass is 293 g/mol. The molecule has 116 valence electrons. The van der Waals surface area contributed by atoms with E-state index >= 15 is 0 Å². The molecule has 0 spiro atoms. The van der Waals surface area contributed by atoms with Crippen molar-refractivity contribution in [2.45, 2.75) is 32.8 Å². The SMILES string of the molecule is CCOC(=O)c1cc(N2CCCC(OCC)C2)ncc1N. The number of hydrogen-bond acceptors (Lipinski definition) is 6. The number of piperidine rings is 1. The second-order valence-electron chi connectivity index (χ2n) is 5.02. The lowest BCUT2D eigenvalue weighted by molar-refractivity contribution is 0.0524. The van der Waals surface area contributed by atoms with Gasteiger partial charge in [0.1, 0.15) is 5.82 Å². The van der Waals surface area contributed by atoms with E-state index in [1.54, 1.807) is 13.0 Å². The Balaban J connectivity index is 2.16. The second kappa shape index (κ2) is 7.26. The number of anilines is 2. The van der Waals surface area contributed by atoms with Gasteiger partial charge in [0.15, 0.2) is 0 Å². The topological polar surface area (TPSA) is 77.7 Å². The quantitative estimate of drug-likeness (QED) is 0.835. The number of nitrogen functional groups attached to an aromatic ring is 1. The fourth-order valence-electron chi connectivity index (χ4n) is 2.53. The van der Waals surface area contributed by atoms with E-state index in [4.69, 9.17) is 15.2 Å². The fraction of sp³-hybridized carbons (Fsp3) is 0.600. The van der Waals surface area contributed by atoms with Crippen LogP contribution in [0.4, 0.5) is 11.5 Å². The lowest BCUT2D eigenvalue weighted by Gasteiger charge is -2.33. The summed E-state index contributed by atoms with van der Waals surface area (Å²) in [4.78, 5) is 18.4. The van der Waals surface area contributed by atoms with Gasteiger partial charge < -0.3 is 20.1 Å². The number of pyridine rings is 1. The molecule has 21 heavy (non-hydrogen) atoms. The molecule has 1 atom stereocenters. The molecule has 0 radical (unpaired) electrons. The molecule has 6 nitrogen and oxygen atoms in total. The summed E-state index contributed by atoms with van der Waals surface area (Å²) < 4.78 is 10.7. The number of carbonyl (C=O) groups excluding carboxylic acids is 1. The highest BCUT2D eigenvalue weighted by Gasteiger charge is 2.22. The summed E-state index contributed by atoms with van der Waals surface area (Å²) in [5.41, 5.74) is 6.54. The standard InChI is InChI=1S/C15H23N3O3/c1-3-20-11-6-5-7-18(10-11)14-8-12(13(16)9-17-14)15(19)21-4-2/h8-9,11H,3-7,10,16H2,1-2H3. The van der Waals surface area contributed by atoms with Gasteiger partial charge in [-0.2, -0.15) is 0 Å². The van der Waals surface area contributed by atoms with Crippen LogP contribution in [0.3, 0.4) is 0 Å². The summed E-state index contributed by atoms with van der Waals surface area (Å²) in [6.07, 6.45) is 3.84. The minimum atomic E-state index is -0.406. The van der Waals surface area contributed by atoms with Gasteiger partial charge in [-0.05, 0) is 32.8 Å². The van der Waals surface area contributed by atoms with Crippen molar-refractivity contribution in [2.75, 3.05) is 36.9 Å². The average molecular weight is 293 g/mol. The third kappa shape index (κ3) is 3.85. The first-order chi connectivity index (χ1) is 10.2. The summed E-state index contributed by atoms with van der Waals surface area (Å²) in [6, 6.07) is 1.71. The van der Waals surface area contributed by atoms with E-state index in [0.29, 0.717) is 24.5 Å². The molecule has 1 aliphatic rings. The second-order valence-corrected chi connectivity index (χ2v) is 5.02. The third-order valence-corrected chi connectivity index (χ3v) is 3.52. The highest BCUT2D eigenvalue weighted by atomic mass is 16.5. The molecule has 0 aromatic carbocycles. The van der Waals surface area contributed by atoms with E-state index in [-0.39, 0.29) is 6.10 Å². The Morgan fingerprint density at radius 2 is 2.29 bits per heavy atom. The largest absolute Gasteiger partial charge is 0.462 e. The van der Waals surface area contributed by atoms with Gasteiger partial charge in [0, 0.05) is 19.7 Å². The molecular formula is C15H23N3O3. The summed E-state index contributed by atoms with van der Waals surface area (Å²) in [5, 5.41) is 0. The number of nitrogens with two attached hydrogens (primary N) is 1. The van der Waals surface area contributed by atoms with E-state index in [1.807, 2.05) is 6.92 Å². The van der Waals surface area contributed by atoms with Crippen LogP contribution in [0.2, 0.25) is 0 Å². The number of rotatable bonds is 5. The summed E-state index contributed by atoms with van der Waals surface area (Å²) in [5.74, 6) is 0.341. The zero-order chi connectivity index (χ0) is 15.2. The van der Waals surface area contributed by atoms with Crippen molar-refractivity contribution < 1.29 is 14.3 Å². The molecule has 1 aromatic rings. The predicted octanol–water partition coefficient (Wildman–Crippen LogP) is 1.85. The number of esters is 1. The zero-order valence-electron chi connectivity index (χ0n) is 12.7. The van der Waals surface area contributed by atoms with Crippen molar-refractivity contribution in [3.05, 3.63) is 17.8 Å². The van der Waals surface area contributed by atoms with Crippen molar-refractivity contribution in [2.24, 2.45) is 0 Å². The van der Waals surface area contributed by atoms with E-state index < -0.39 is 5.97 Å². The van der Waals surface area contributed by atoms with Crippen LogP contribution in [0.25, 0.3) is 0 Å². The molecule has 0 aliphatic carbocycles. The maximum Gasteiger partial charge on any atom is 0.340 e. The fourth-order valence-corrected chi connectivity index (χ4v) is 2.53. The molecule has 1 unspecified atom stereocenters. The highest BCUT2D eigenvalue weighted by molar-refractivity contribution is 5.95. The number of ether oxygens (including phenoxy) is 2. The van der Waals surface area contributed by atoms with Crippen LogP contribution in [0.15, 0.2) is 12.3 Å². The smallest absolute Gasteiger partial charge is 0.340 e. The van der Waals surface area contributed by atoms with Crippen LogP contribution in [0.5, 0.6) is 0 Å². The van der Waals surface area contributed by atoms with Crippen LogP contribution < -0.4 is 10.6 Å². The molecular weight excluding hydrogens is 270 g/mol. The van der Waals surface area contributed by atoms with E-state index in [0.717, 1.165) is 31.7 Å². The highest BCUT2D eigenvalue weighted by Crippen LogP contribution is 2.23.